The molecule has 2 aromatic carbocycles. The zero-order valence-electron chi connectivity index (χ0n) is 12.0. The molecular formula is C18H20N2O. The van der Waals surface area contributed by atoms with E-state index in [1.807, 2.05) is 12.1 Å². The first-order valence-electron chi connectivity index (χ1n) is 7.75. The molecule has 4 rings (SSSR count). The zero-order valence-corrected chi connectivity index (χ0v) is 12.0. The number of phenols is 1. The number of H-pyrrole nitrogens is 1. The Bertz CT molecular complexity index is 784. The summed E-state index contributed by atoms with van der Waals surface area (Å²) >= 11 is 0. The molecule has 3 aromatic rings. The van der Waals surface area contributed by atoms with E-state index in [1.54, 1.807) is 0 Å². The number of benzene rings is 2. The summed E-state index contributed by atoms with van der Waals surface area (Å²) in [6.45, 7) is 2.19. The number of para-hydroxylation sites is 1. The van der Waals surface area contributed by atoms with E-state index in [0.29, 0.717) is 11.7 Å². The Morgan fingerprint density at radius 1 is 1.00 bits per heavy atom. The SMILES string of the molecule is Oc1c(CC2CCNCC2)ccc2c1[nH]c1ccccc12. The molecule has 2 heterocycles. The van der Waals surface area contributed by atoms with Gasteiger partial charge in [-0.15, -0.1) is 0 Å². The van der Waals surface area contributed by atoms with E-state index in [9.17, 15) is 5.11 Å². The second kappa shape index (κ2) is 5.08. The van der Waals surface area contributed by atoms with Crippen LogP contribution in [-0.4, -0.2) is 23.2 Å². The summed E-state index contributed by atoms with van der Waals surface area (Å²) < 4.78 is 0. The zero-order chi connectivity index (χ0) is 14.2. The Morgan fingerprint density at radius 3 is 2.67 bits per heavy atom. The van der Waals surface area contributed by atoms with Gasteiger partial charge in [0.25, 0.3) is 0 Å². The van der Waals surface area contributed by atoms with E-state index < -0.39 is 0 Å². The fourth-order valence-corrected chi connectivity index (χ4v) is 3.51. The quantitative estimate of drug-likeness (QED) is 0.672. The molecule has 0 bridgehead atoms. The van der Waals surface area contributed by atoms with Crippen molar-refractivity contribution in [3.8, 4) is 5.75 Å². The smallest absolute Gasteiger partial charge is 0.142 e. The highest BCUT2D eigenvalue weighted by Crippen LogP contribution is 2.35. The van der Waals surface area contributed by atoms with Crippen LogP contribution in [0.1, 0.15) is 18.4 Å². The van der Waals surface area contributed by atoms with Crippen LogP contribution in [0.3, 0.4) is 0 Å². The molecule has 3 nitrogen and oxygen atoms in total. The molecule has 0 radical (unpaired) electrons. The number of nitrogens with one attached hydrogen (secondary N) is 2. The fourth-order valence-electron chi connectivity index (χ4n) is 3.51. The lowest BCUT2D eigenvalue weighted by molar-refractivity contribution is 0.367. The largest absolute Gasteiger partial charge is 0.505 e. The van der Waals surface area contributed by atoms with Crippen molar-refractivity contribution in [3.63, 3.8) is 0 Å². The maximum atomic E-state index is 10.6. The Kier molecular flexibility index (Phi) is 3.08. The molecule has 3 heteroatoms. The molecule has 0 aliphatic carbocycles. The molecule has 0 spiro atoms. The Labute approximate surface area is 124 Å². The monoisotopic (exact) mass is 280 g/mol. The van der Waals surface area contributed by atoms with Crippen LogP contribution in [0.15, 0.2) is 36.4 Å². The van der Waals surface area contributed by atoms with Gasteiger partial charge in [-0.1, -0.05) is 30.3 Å². The minimum absolute atomic E-state index is 0.433. The fraction of sp³-hybridized carbons (Fsp3) is 0.333. The predicted octanol–water partition coefficient (Wildman–Crippen LogP) is 3.57. The number of rotatable bonds is 2. The van der Waals surface area contributed by atoms with Crippen LogP contribution in [0.25, 0.3) is 21.8 Å². The van der Waals surface area contributed by atoms with Crippen LogP contribution in [-0.2, 0) is 6.42 Å². The van der Waals surface area contributed by atoms with Gasteiger partial charge in [-0.3, -0.25) is 0 Å². The maximum Gasteiger partial charge on any atom is 0.142 e. The van der Waals surface area contributed by atoms with E-state index in [4.69, 9.17) is 0 Å². The van der Waals surface area contributed by atoms with Crippen molar-refractivity contribution >= 4 is 21.8 Å². The van der Waals surface area contributed by atoms with E-state index in [2.05, 4.69) is 34.6 Å². The highest BCUT2D eigenvalue weighted by atomic mass is 16.3. The summed E-state index contributed by atoms with van der Waals surface area (Å²) in [4.78, 5) is 3.36. The van der Waals surface area contributed by atoms with Crippen LogP contribution in [0, 0.1) is 5.92 Å². The summed E-state index contributed by atoms with van der Waals surface area (Å²) in [5.74, 6) is 1.11. The van der Waals surface area contributed by atoms with E-state index in [1.165, 1.54) is 18.2 Å². The number of hydrogen-bond donors (Lipinski definition) is 3. The van der Waals surface area contributed by atoms with Crippen molar-refractivity contribution in [2.45, 2.75) is 19.3 Å². The van der Waals surface area contributed by atoms with Gasteiger partial charge in [0, 0.05) is 16.3 Å². The highest BCUT2D eigenvalue weighted by Gasteiger charge is 2.17. The maximum absolute atomic E-state index is 10.6. The van der Waals surface area contributed by atoms with Crippen LogP contribution < -0.4 is 5.32 Å². The van der Waals surface area contributed by atoms with Crippen LogP contribution in [0.5, 0.6) is 5.75 Å². The van der Waals surface area contributed by atoms with Crippen LogP contribution in [0.4, 0.5) is 0 Å². The van der Waals surface area contributed by atoms with Crippen molar-refractivity contribution in [2.24, 2.45) is 5.92 Å². The van der Waals surface area contributed by atoms with Gasteiger partial charge in [0.05, 0.1) is 5.52 Å². The number of aromatic amines is 1. The summed E-state index contributed by atoms with van der Waals surface area (Å²) in [5.41, 5.74) is 3.03. The molecule has 1 aliphatic rings. The lowest BCUT2D eigenvalue weighted by atomic mass is 9.90. The van der Waals surface area contributed by atoms with Gasteiger partial charge in [-0.25, -0.2) is 0 Å². The first-order chi connectivity index (χ1) is 10.3. The Hall–Kier alpha value is -2.00. The van der Waals surface area contributed by atoms with Gasteiger partial charge in [0.15, 0.2) is 0 Å². The second-order valence-electron chi connectivity index (χ2n) is 6.06. The molecule has 1 saturated heterocycles. The summed E-state index contributed by atoms with van der Waals surface area (Å²) in [5, 5.41) is 16.3. The van der Waals surface area contributed by atoms with Crippen molar-refractivity contribution in [2.75, 3.05) is 13.1 Å². The third-order valence-corrected chi connectivity index (χ3v) is 4.71. The Balaban J connectivity index is 1.76. The number of phenolic OH excluding ortho intramolecular Hbond substituents is 1. The van der Waals surface area contributed by atoms with Crippen LogP contribution in [0.2, 0.25) is 0 Å². The first-order valence-corrected chi connectivity index (χ1v) is 7.75. The number of hydrogen-bond acceptors (Lipinski definition) is 2. The molecule has 3 N–H and O–H groups in total. The minimum Gasteiger partial charge on any atom is -0.505 e. The molecule has 1 aliphatic heterocycles. The van der Waals surface area contributed by atoms with E-state index in [-0.39, 0.29) is 0 Å². The van der Waals surface area contributed by atoms with Gasteiger partial charge in [-0.2, -0.15) is 0 Å². The summed E-state index contributed by atoms with van der Waals surface area (Å²) in [7, 11) is 0. The number of aromatic nitrogens is 1. The lowest BCUT2D eigenvalue weighted by Gasteiger charge is -2.22. The van der Waals surface area contributed by atoms with Gasteiger partial charge in [0.2, 0.25) is 0 Å². The lowest BCUT2D eigenvalue weighted by Crippen LogP contribution is -2.28. The molecule has 1 aromatic heterocycles. The molecule has 0 atom stereocenters. The topological polar surface area (TPSA) is 48.0 Å². The van der Waals surface area contributed by atoms with Gasteiger partial charge in [0.1, 0.15) is 5.75 Å². The summed E-state index contributed by atoms with van der Waals surface area (Å²) in [6, 6.07) is 12.5. The van der Waals surface area contributed by atoms with Crippen LogP contribution >= 0.6 is 0 Å². The molecule has 21 heavy (non-hydrogen) atoms. The van der Waals surface area contributed by atoms with Gasteiger partial charge in [-0.05, 0) is 49.9 Å². The normalized spacial score (nSPS) is 16.8. The summed E-state index contributed by atoms with van der Waals surface area (Å²) in [6.07, 6.45) is 3.37. The second-order valence-corrected chi connectivity index (χ2v) is 6.06. The standard InChI is InChI=1S/C18H20N2O/c21-18-13(11-12-7-9-19-10-8-12)5-6-15-14-3-1-2-4-16(14)20-17(15)18/h1-6,12,19-21H,7-11H2. The third-order valence-electron chi connectivity index (χ3n) is 4.71. The average Bonchev–Trinajstić information content (AvgIpc) is 2.91. The third kappa shape index (κ3) is 2.18. The highest BCUT2D eigenvalue weighted by molar-refractivity contribution is 6.09. The minimum atomic E-state index is 0.433. The van der Waals surface area contributed by atoms with Crippen molar-refractivity contribution in [3.05, 3.63) is 42.0 Å². The van der Waals surface area contributed by atoms with Crippen molar-refractivity contribution in [1.29, 1.82) is 0 Å². The van der Waals surface area contributed by atoms with E-state index >= 15 is 0 Å². The predicted molar refractivity (Wildman–Crippen MR) is 86.8 cm³/mol. The number of piperidine rings is 1. The Morgan fingerprint density at radius 2 is 1.81 bits per heavy atom. The number of fused-ring (bicyclic) bond motifs is 3. The van der Waals surface area contributed by atoms with Gasteiger partial charge >= 0.3 is 0 Å². The van der Waals surface area contributed by atoms with E-state index in [0.717, 1.165) is 41.5 Å². The number of aromatic hydroxyl groups is 1. The van der Waals surface area contributed by atoms with Gasteiger partial charge < -0.3 is 15.4 Å². The average molecular weight is 280 g/mol. The molecule has 1 fully saturated rings. The molecule has 0 unspecified atom stereocenters. The van der Waals surface area contributed by atoms with Crippen molar-refractivity contribution < 1.29 is 5.11 Å². The molecule has 0 amide bonds. The molecule has 108 valence electrons. The van der Waals surface area contributed by atoms with Crippen molar-refractivity contribution in [1.82, 2.24) is 10.3 Å². The first kappa shape index (κ1) is 12.7. The molecule has 0 saturated carbocycles. The molecular weight excluding hydrogens is 260 g/mol.